The first-order valence-corrected chi connectivity index (χ1v) is 13.0. The first kappa shape index (κ1) is 21.3. The van der Waals surface area contributed by atoms with Gasteiger partial charge in [-0.1, -0.05) is 80.6 Å². The van der Waals surface area contributed by atoms with Crippen LogP contribution in [0.1, 0.15) is 42.9 Å². The Hall–Kier alpha value is -3.80. The van der Waals surface area contributed by atoms with E-state index in [0.29, 0.717) is 5.92 Å². The number of aromatic nitrogens is 3. The molecule has 3 heterocycles. The number of aliphatic hydroxyl groups is 1. The maximum Gasteiger partial charge on any atom is 0.289 e. The predicted octanol–water partition coefficient (Wildman–Crippen LogP) is 6.10. The summed E-state index contributed by atoms with van der Waals surface area (Å²) in [5.74, 6) is -1.03. The summed E-state index contributed by atoms with van der Waals surface area (Å²) in [4.78, 5) is 4.97. The van der Waals surface area contributed by atoms with Gasteiger partial charge < -0.3 is 14.4 Å². The number of hydrogen-bond donors (Lipinski definition) is 1. The van der Waals surface area contributed by atoms with E-state index >= 15 is 0 Å². The number of ether oxygens (including phenoxy) is 1. The molecule has 0 radical (unpaired) electrons. The van der Waals surface area contributed by atoms with Crippen LogP contribution in [-0.2, 0) is 11.8 Å². The summed E-state index contributed by atoms with van der Waals surface area (Å²) < 4.78 is 10.2. The second-order valence-electron chi connectivity index (χ2n) is 10.9. The topological polar surface area (TPSA) is 51.2 Å². The van der Waals surface area contributed by atoms with E-state index in [2.05, 4.69) is 96.8 Å². The Morgan fingerprint density at radius 2 is 1.70 bits per heavy atom. The zero-order valence-electron chi connectivity index (χ0n) is 21.4. The molecule has 1 aliphatic carbocycles. The third kappa shape index (κ3) is 2.46. The third-order valence-corrected chi connectivity index (χ3v) is 8.85. The standard InChI is InChI=1S/C32H28N3O2/c1-17(2)23-15-24-25(21-12-8-7-11-20(21)23)29-26-22-14-13-18-9-5-6-10-19(18)28(22)34(3)31(26)33-16-35(29)30-27(24)32(30,36)37-4/h5-17,27,30,36H,1-4H3/q+1. The first-order chi connectivity index (χ1) is 18.0. The van der Waals surface area contributed by atoms with Gasteiger partial charge in [-0.3, -0.25) is 0 Å². The smallest absolute Gasteiger partial charge is 0.289 e. The monoisotopic (exact) mass is 486 g/mol. The third-order valence-electron chi connectivity index (χ3n) is 8.85. The molecule has 6 aromatic rings. The van der Waals surface area contributed by atoms with E-state index in [1.807, 2.05) is 6.33 Å². The number of hydrogen-bond acceptors (Lipinski definition) is 3. The highest BCUT2D eigenvalue weighted by molar-refractivity contribution is 6.21. The molecule has 3 unspecified atom stereocenters. The lowest BCUT2D eigenvalue weighted by Crippen LogP contribution is -2.41. The Bertz CT molecular complexity index is 1950. The van der Waals surface area contributed by atoms with Gasteiger partial charge in [0.1, 0.15) is 11.1 Å². The molecule has 0 amide bonds. The van der Waals surface area contributed by atoms with Crippen LogP contribution in [0.25, 0.3) is 54.7 Å². The molecule has 1 aliphatic heterocycles. The summed E-state index contributed by atoms with van der Waals surface area (Å²) in [6.07, 6.45) is 1.90. The molecule has 4 aromatic carbocycles. The van der Waals surface area contributed by atoms with Crippen molar-refractivity contribution in [3.63, 3.8) is 0 Å². The Labute approximate surface area is 214 Å². The molecule has 1 fully saturated rings. The van der Waals surface area contributed by atoms with Gasteiger partial charge in [-0.15, -0.1) is 0 Å². The van der Waals surface area contributed by atoms with Crippen molar-refractivity contribution in [1.82, 2.24) is 9.55 Å². The van der Waals surface area contributed by atoms with Gasteiger partial charge in [0.15, 0.2) is 6.04 Å². The summed E-state index contributed by atoms with van der Waals surface area (Å²) in [7, 11) is 3.72. The molecule has 5 nitrogen and oxygen atoms in total. The highest BCUT2D eigenvalue weighted by Crippen LogP contribution is 2.64. The fourth-order valence-corrected chi connectivity index (χ4v) is 7.11. The minimum Gasteiger partial charge on any atom is -0.362 e. The molecule has 2 aromatic heterocycles. The van der Waals surface area contributed by atoms with Gasteiger partial charge in [0.25, 0.3) is 12.0 Å². The second kappa shape index (κ2) is 6.94. The van der Waals surface area contributed by atoms with Crippen molar-refractivity contribution in [3.05, 3.63) is 84.2 Å². The lowest BCUT2D eigenvalue weighted by atomic mass is 9.84. The van der Waals surface area contributed by atoms with Crippen LogP contribution in [0.3, 0.4) is 0 Å². The van der Waals surface area contributed by atoms with Crippen LogP contribution in [-0.4, -0.2) is 27.6 Å². The van der Waals surface area contributed by atoms with Crippen LogP contribution in [0.15, 0.2) is 73.1 Å². The molecule has 0 bridgehead atoms. The zero-order chi connectivity index (χ0) is 25.2. The number of aryl methyl sites for hydroxylation is 1. The largest absolute Gasteiger partial charge is 0.362 e. The number of methoxy groups -OCH3 is 1. The van der Waals surface area contributed by atoms with Crippen molar-refractivity contribution in [2.45, 2.75) is 37.5 Å². The molecule has 37 heavy (non-hydrogen) atoms. The number of benzene rings is 4. The SMILES string of the molecule is COC1(O)C2c3cc(C(C)C)c4ccccc4c3-c3c4c5ccc6ccccc6c5n(C)c4nc[n+]3C21. The highest BCUT2D eigenvalue weighted by atomic mass is 16.6. The molecule has 1 N–H and O–H groups in total. The summed E-state index contributed by atoms with van der Waals surface area (Å²) >= 11 is 0. The van der Waals surface area contributed by atoms with Crippen molar-refractivity contribution in [2.24, 2.45) is 7.05 Å². The van der Waals surface area contributed by atoms with Gasteiger partial charge in [-0.2, -0.15) is 0 Å². The molecular formula is C32H28N3O2+. The van der Waals surface area contributed by atoms with Crippen molar-refractivity contribution >= 4 is 43.5 Å². The van der Waals surface area contributed by atoms with Gasteiger partial charge >= 0.3 is 0 Å². The van der Waals surface area contributed by atoms with Crippen molar-refractivity contribution < 1.29 is 14.4 Å². The Kier molecular flexibility index (Phi) is 4.00. The molecule has 5 heteroatoms. The van der Waals surface area contributed by atoms with Gasteiger partial charge in [0.05, 0.1) is 11.4 Å². The van der Waals surface area contributed by atoms with E-state index in [4.69, 9.17) is 9.72 Å². The summed E-state index contributed by atoms with van der Waals surface area (Å²) in [6.45, 7) is 4.48. The molecule has 3 atom stereocenters. The van der Waals surface area contributed by atoms with Gasteiger partial charge in [0.2, 0.25) is 5.79 Å². The zero-order valence-corrected chi connectivity index (χ0v) is 21.4. The van der Waals surface area contributed by atoms with Crippen molar-refractivity contribution in [3.8, 4) is 11.3 Å². The van der Waals surface area contributed by atoms with Crippen LogP contribution < -0.4 is 4.57 Å². The Morgan fingerprint density at radius 1 is 0.973 bits per heavy atom. The van der Waals surface area contributed by atoms with Crippen LogP contribution >= 0.6 is 0 Å². The predicted molar refractivity (Wildman–Crippen MR) is 147 cm³/mol. The minimum atomic E-state index is -1.26. The molecular weight excluding hydrogens is 458 g/mol. The number of nitrogens with zero attached hydrogens (tertiary/aromatic N) is 3. The minimum absolute atomic E-state index is 0.137. The van der Waals surface area contributed by atoms with Crippen LogP contribution in [0.2, 0.25) is 0 Å². The fourth-order valence-electron chi connectivity index (χ4n) is 7.11. The highest BCUT2D eigenvalue weighted by Gasteiger charge is 2.73. The number of fused-ring (bicyclic) bond motifs is 14. The normalized spacial score (nSPS) is 22.1. The molecule has 0 spiro atoms. The molecule has 1 saturated carbocycles. The summed E-state index contributed by atoms with van der Waals surface area (Å²) in [5.41, 5.74) is 6.90. The average Bonchev–Trinajstić information content (AvgIpc) is 3.45. The van der Waals surface area contributed by atoms with E-state index in [1.165, 1.54) is 49.1 Å². The van der Waals surface area contributed by atoms with E-state index in [9.17, 15) is 5.11 Å². The van der Waals surface area contributed by atoms with Crippen molar-refractivity contribution in [1.29, 1.82) is 0 Å². The maximum atomic E-state index is 11.6. The Morgan fingerprint density at radius 3 is 2.46 bits per heavy atom. The lowest BCUT2D eigenvalue weighted by molar-refractivity contribution is -0.703. The summed E-state index contributed by atoms with van der Waals surface area (Å²) in [5, 5.41) is 18.9. The Balaban J connectivity index is 1.61. The fraction of sp³-hybridized carbons (Fsp3) is 0.250. The second-order valence-corrected chi connectivity index (χ2v) is 10.9. The van der Waals surface area contributed by atoms with E-state index in [-0.39, 0.29) is 12.0 Å². The summed E-state index contributed by atoms with van der Waals surface area (Å²) in [6, 6.07) is 23.8. The van der Waals surface area contributed by atoms with E-state index in [1.54, 1.807) is 7.11 Å². The molecule has 8 rings (SSSR count). The van der Waals surface area contributed by atoms with Crippen LogP contribution in [0.5, 0.6) is 0 Å². The molecule has 2 aliphatic rings. The van der Waals surface area contributed by atoms with Gasteiger partial charge in [0, 0.05) is 30.5 Å². The first-order valence-electron chi connectivity index (χ1n) is 13.0. The van der Waals surface area contributed by atoms with Crippen LogP contribution in [0.4, 0.5) is 0 Å². The average molecular weight is 487 g/mol. The van der Waals surface area contributed by atoms with Gasteiger partial charge in [-0.05, 0) is 38.2 Å². The lowest BCUT2D eigenvalue weighted by Gasteiger charge is -2.21. The maximum absolute atomic E-state index is 11.6. The van der Waals surface area contributed by atoms with Gasteiger partial charge in [-0.25, -0.2) is 4.57 Å². The van der Waals surface area contributed by atoms with E-state index in [0.717, 1.165) is 16.7 Å². The van der Waals surface area contributed by atoms with Crippen LogP contribution in [0, 0.1) is 0 Å². The van der Waals surface area contributed by atoms with Crippen molar-refractivity contribution in [2.75, 3.05) is 7.11 Å². The molecule has 0 saturated heterocycles. The number of rotatable bonds is 2. The quantitative estimate of drug-likeness (QED) is 0.238. The van der Waals surface area contributed by atoms with E-state index < -0.39 is 5.79 Å². The molecule has 182 valence electrons.